The summed E-state index contributed by atoms with van der Waals surface area (Å²) in [6.45, 7) is 1.63. The molecule has 3 rings (SSSR count). The molecule has 0 spiro atoms. The molecule has 2 N–H and O–H groups in total. The van der Waals surface area contributed by atoms with Crippen LogP contribution in [0.1, 0.15) is 43.5 Å². The Kier molecular flexibility index (Phi) is 5.13. The van der Waals surface area contributed by atoms with Gasteiger partial charge in [0.25, 0.3) is 0 Å². The zero-order chi connectivity index (χ0) is 15.8. The fourth-order valence-corrected chi connectivity index (χ4v) is 3.35. The molecule has 1 aliphatic rings. The van der Waals surface area contributed by atoms with E-state index in [0.717, 1.165) is 24.8 Å². The van der Waals surface area contributed by atoms with Crippen LogP contribution in [0.3, 0.4) is 0 Å². The summed E-state index contributed by atoms with van der Waals surface area (Å²) in [5.41, 5.74) is 6.65. The van der Waals surface area contributed by atoms with Crippen molar-refractivity contribution in [2.75, 3.05) is 5.75 Å². The fourth-order valence-electron chi connectivity index (χ4n) is 2.47. The van der Waals surface area contributed by atoms with Gasteiger partial charge in [0, 0.05) is 0 Å². The Morgan fingerprint density at radius 2 is 1.91 bits per heavy atom. The first-order valence-electron chi connectivity index (χ1n) is 7.37. The first kappa shape index (κ1) is 17.9. The van der Waals surface area contributed by atoms with Gasteiger partial charge in [0.1, 0.15) is 0 Å². The minimum atomic E-state index is -3.17. The summed E-state index contributed by atoms with van der Waals surface area (Å²) in [7, 11) is -3.17. The molecule has 2 aromatic rings. The van der Waals surface area contributed by atoms with Crippen LogP contribution in [0.25, 0.3) is 0 Å². The van der Waals surface area contributed by atoms with Gasteiger partial charge in [0.05, 0.1) is 22.6 Å². The standard InChI is InChI=1S/C15H19N3O3S.ClH/c1-2-22(19,20)12-6-4-11(5-7-12)10-13-17-14(18-21-13)15(16)8-3-9-15;/h4-7H,2-3,8-10,16H2,1H3;1H. The van der Waals surface area contributed by atoms with E-state index in [0.29, 0.717) is 23.0 Å². The van der Waals surface area contributed by atoms with E-state index in [9.17, 15) is 8.42 Å². The Balaban J connectivity index is 0.00000192. The molecule has 0 aliphatic heterocycles. The maximum atomic E-state index is 11.8. The summed E-state index contributed by atoms with van der Waals surface area (Å²) in [4.78, 5) is 4.70. The molecular formula is C15H20ClN3O3S. The second-order valence-electron chi connectivity index (χ2n) is 5.75. The van der Waals surface area contributed by atoms with E-state index in [-0.39, 0.29) is 18.2 Å². The predicted octanol–water partition coefficient (Wildman–Crippen LogP) is 2.21. The molecule has 0 bridgehead atoms. The lowest BCUT2D eigenvalue weighted by Crippen LogP contribution is -2.44. The second-order valence-corrected chi connectivity index (χ2v) is 8.02. The van der Waals surface area contributed by atoms with Crippen LogP contribution < -0.4 is 5.73 Å². The Morgan fingerprint density at radius 3 is 2.43 bits per heavy atom. The minimum absolute atomic E-state index is 0. The number of sulfone groups is 1. The van der Waals surface area contributed by atoms with Crippen LogP contribution >= 0.6 is 12.4 Å². The summed E-state index contributed by atoms with van der Waals surface area (Å²) >= 11 is 0. The van der Waals surface area contributed by atoms with Gasteiger partial charge in [-0.2, -0.15) is 4.98 Å². The first-order chi connectivity index (χ1) is 10.4. The Labute approximate surface area is 141 Å². The molecule has 1 aromatic heterocycles. The molecule has 1 saturated carbocycles. The third-order valence-electron chi connectivity index (χ3n) is 4.18. The lowest BCUT2D eigenvalue weighted by atomic mass is 9.77. The molecule has 6 nitrogen and oxygen atoms in total. The van der Waals surface area contributed by atoms with Crippen LogP contribution in [0, 0.1) is 0 Å². The van der Waals surface area contributed by atoms with Crippen molar-refractivity contribution in [3.8, 4) is 0 Å². The average Bonchev–Trinajstić information content (AvgIpc) is 2.94. The highest BCUT2D eigenvalue weighted by Crippen LogP contribution is 2.36. The van der Waals surface area contributed by atoms with Crippen LogP contribution in [-0.2, 0) is 21.8 Å². The smallest absolute Gasteiger partial charge is 0.231 e. The molecule has 1 aromatic carbocycles. The van der Waals surface area contributed by atoms with Crippen molar-refractivity contribution >= 4 is 22.2 Å². The van der Waals surface area contributed by atoms with Gasteiger partial charge in [0.2, 0.25) is 5.89 Å². The van der Waals surface area contributed by atoms with Gasteiger partial charge in [-0.3, -0.25) is 0 Å². The monoisotopic (exact) mass is 357 g/mol. The molecule has 0 atom stereocenters. The number of benzene rings is 1. The normalized spacial score (nSPS) is 16.4. The number of rotatable bonds is 5. The number of aromatic nitrogens is 2. The van der Waals surface area contributed by atoms with Crippen LogP contribution in [0.15, 0.2) is 33.7 Å². The number of nitrogens with zero attached hydrogens (tertiary/aromatic N) is 2. The summed E-state index contributed by atoms with van der Waals surface area (Å²) in [6, 6.07) is 6.77. The summed E-state index contributed by atoms with van der Waals surface area (Å²) in [5, 5.41) is 3.97. The number of hydrogen-bond acceptors (Lipinski definition) is 6. The van der Waals surface area contributed by atoms with Crippen LogP contribution in [0.2, 0.25) is 0 Å². The molecule has 8 heteroatoms. The summed E-state index contributed by atoms with van der Waals surface area (Å²) in [6.07, 6.45) is 3.33. The maximum Gasteiger partial charge on any atom is 0.231 e. The highest BCUT2D eigenvalue weighted by molar-refractivity contribution is 7.91. The largest absolute Gasteiger partial charge is 0.339 e. The van der Waals surface area contributed by atoms with Crippen molar-refractivity contribution in [2.45, 2.75) is 43.0 Å². The maximum absolute atomic E-state index is 11.8. The van der Waals surface area contributed by atoms with Crippen LogP contribution in [0.5, 0.6) is 0 Å². The molecule has 1 heterocycles. The van der Waals surface area contributed by atoms with Gasteiger partial charge in [-0.15, -0.1) is 12.4 Å². The van der Waals surface area contributed by atoms with Gasteiger partial charge in [-0.1, -0.05) is 24.2 Å². The number of hydrogen-bond donors (Lipinski definition) is 1. The molecule has 23 heavy (non-hydrogen) atoms. The zero-order valence-electron chi connectivity index (χ0n) is 12.9. The molecule has 1 fully saturated rings. The molecule has 0 amide bonds. The fraction of sp³-hybridized carbons (Fsp3) is 0.467. The molecule has 0 radical (unpaired) electrons. The van der Waals surface area contributed by atoms with Gasteiger partial charge >= 0.3 is 0 Å². The quantitative estimate of drug-likeness (QED) is 0.880. The molecule has 0 saturated heterocycles. The van der Waals surface area contributed by atoms with E-state index in [4.69, 9.17) is 10.3 Å². The molecular weight excluding hydrogens is 338 g/mol. The van der Waals surface area contributed by atoms with Crippen LogP contribution in [0.4, 0.5) is 0 Å². The first-order valence-corrected chi connectivity index (χ1v) is 9.02. The van der Waals surface area contributed by atoms with E-state index in [1.807, 2.05) is 0 Å². The lowest BCUT2D eigenvalue weighted by molar-refractivity contribution is 0.229. The molecule has 1 aliphatic carbocycles. The summed E-state index contributed by atoms with van der Waals surface area (Å²) < 4.78 is 28.8. The van der Waals surface area contributed by atoms with Crippen molar-refractivity contribution in [1.29, 1.82) is 0 Å². The van der Waals surface area contributed by atoms with Crippen LogP contribution in [-0.4, -0.2) is 24.3 Å². The third-order valence-corrected chi connectivity index (χ3v) is 5.93. The second kappa shape index (κ2) is 6.59. The Bertz CT molecular complexity index is 768. The SMILES string of the molecule is CCS(=O)(=O)c1ccc(Cc2nc(C3(N)CCC3)no2)cc1.Cl. The van der Waals surface area contributed by atoms with Gasteiger partial charge in [0.15, 0.2) is 15.7 Å². The van der Waals surface area contributed by atoms with E-state index < -0.39 is 15.4 Å². The number of nitrogens with two attached hydrogens (primary N) is 1. The third kappa shape index (κ3) is 3.57. The van der Waals surface area contributed by atoms with E-state index >= 15 is 0 Å². The topological polar surface area (TPSA) is 99.1 Å². The predicted molar refractivity (Wildman–Crippen MR) is 88.2 cm³/mol. The Morgan fingerprint density at radius 1 is 1.26 bits per heavy atom. The van der Waals surface area contributed by atoms with Crippen molar-refractivity contribution in [2.24, 2.45) is 5.73 Å². The number of halogens is 1. The highest BCUT2D eigenvalue weighted by Gasteiger charge is 2.38. The molecule has 0 unspecified atom stereocenters. The van der Waals surface area contributed by atoms with Gasteiger partial charge < -0.3 is 10.3 Å². The van der Waals surface area contributed by atoms with Gasteiger partial charge in [-0.05, 0) is 37.0 Å². The Hall–Kier alpha value is -1.44. The van der Waals surface area contributed by atoms with E-state index in [1.54, 1.807) is 31.2 Å². The van der Waals surface area contributed by atoms with Crippen molar-refractivity contribution in [3.63, 3.8) is 0 Å². The van der Waals surface area contributed by atoms with Crippen molar-refractivity contribution in [1.82, 2.24) is 10.1 Å². The van der Waals surface area contributed by atoms with E-state index in [1.165, 1.54) is 0 Å². The minimum Gasteiger partial charge on any atom is -0.339 e. The van der Waals surface area contributed by atoms with E-state index in [2.05, 4.69) is 10.1 Å². The van der Waals surface area contributed by atoms with Crippen molar-refractivity contribution < 1.29 is 12.9 Å². The zero-order valence-corrected chi connectivity index (χ0v) is 14.5. The highest BCUT2D eigenvalue weighted by atomic mass is 35.5. The molecule has 126 valence electrons. The average molecular weight is 358 g/mol. The van der Waals surface area contributed by atoms with Gasteiger partial charge in [-0.25, -0.2) is 8.42 Å². The summed E-state index contributed by atoms with van der Waals surface area (Å²) in [5.74, 6) is 1.16. The lowest BCUT2D eigenvalue weighted by Gasteiger charge is -2.34. The van der Waals surface area contributed by atoms with Crippen molar-refractivity contribution in [3.05, 3.63) is 41.5 Å².